The average molecular weight is 313 g/mol. The highest BCUT2D eigenvalue weighted by molar-refractivity contribution is 9.11. The summed E-state index contributed by atoms with van der Waals surface area (Å²) in [5, 5.41) is 8.62. The van der Waals surface area contributed by atoms with Crippen LogP contribution >= 0.6 is 31.9 Å². The van der Waals surface area contributed by atoms with E-state index in [9.17, 15) is 9.18 Å². The second kappa shape index (κ2) is 3.63. The summed E-state index contributed by atoms with van der Waals surface area (Å²) in [6.07, 6.45) is 0. The van der Waals surface area contributed by atoms with Gasteiger partial charge in [0.25, 0.3) is 0 Å². The molecular formula is C7H4Br2FNO2. The van der Waals surface area contributed by atoms with Crippen LogP contribution in [0.4, 0.5) is 10.1 Å². The summed E-state index contributed by atoms with van der Waals surface area (Å²) in [6.45, 7) is 0. The quantitative estimate of drug-likeness (QED) is 0.784. The molecule has 0 aromatic heterocycles. The van der Waals surface area contributed by atoms with Crippen molar-refractivity contribution in [3.63, 3.8) is 0 Å². The molecule has 0 spiro atoms. The second-order valence-corrected chi connectivity index (χ2v) is 3.90. The molecule has 0 bridgehead atoms. The number of nitrogen functional groups attached to an aromatic ring is 1. The maximum absolute atomic E-state index is 13.0. The highest BCUT2D eigenvalue weighted by Crippen LogP contribution is 2.33. The Morgan fingerprint density at radius 1 is 1.54 bits per heavy atom. The van der Waals surface area contributed by atoms with Crippen molar-refractivity contribution >= 4 is 43.5 Å². The maximum atomic E-state index is 13.0. The summed E-state index contributed by atoms with van der Waals surface area (Å²) in [6, 6.07) is 1.02. The van der Waals surface area contributed by atoms with Crippen molar-refractivity contribution in [3.8, 4) is 0 Å². The van der Waals surface area contributed by atoms with Gasteiger partial charge in [-0.05, 0) is 37.9 Å². The molecule has 0 unspecified atom stereocenters. The molecule has 0 heterocycles. The van der Waals surface area contributed by atoms with Gasteiger partial charge >= 0.3 is 5.97 Å². The lowest BCUT2D eigenvalue weighted by molar-refractivity contribution is 0.0691. The van der Waals surface area contributed by atoms with Crippen molar-refractivity contribution in [1.82, 2.24) is 0 Å². The first-order valence-electron chi connectivity index (χ1n) is 3.11. The van der Waals surface area contributed by atoms with Gasteiger partial charge in [0.05, 0.1) is 10.2 Å². The Kier molecular flexibility index (Phi) is 2.92. The number of nitrogens with two attached hydrogens (primary N) is 1. The largest absolute Gasteiger partial charge is 0.478 e. The van der Waals surface area contributed by atoms with Gasteiger partial charge in [-0.25, -0.2) is 9.18 Å². The molecule has 3 nitrogen and oxygen atoms in total. The summed E-state index contributed by atoms with van der Waals surface area (Å²) >= 11 is 5.90. The van der Waals surface area contributed by atoms with Gasteiger partial charge in [0.2, 0.25) is 0 Å². The van der Waals surface area contributed by atoms with Crippen LogP contribution in [0.5, 0.6) is 0 Å². The molecule has 0 radical (unpaired) electrons. The van der Waals surface area contributed by atoms with Gasteiger partial charge in [-0.3, -0.25) is 0 Å². The van der Waals surface area contributed by atoms with Crippen LogP contribution in [0.2, 0.25) is 0 Å². The van der Waals surface area contributed by atoms with E-state index in [1.54, 1.807) is 0 Å². The fourth-order valence-electron chi connectivity index (χ4n) is 0.802. The lowest BCUT2D eigenvalue weighted by Crippen LogP contribution is -2.04. The number of hydrogen-bond acceptors (Lipinski definition) is 2. The van der Waals surface area contributed by atoms with Crippen molar-refractivity contribution in [2.24, 2.45) is 0 Å². The molecule has 0 aliphatic heterocycles. The minimum Gasteiger partial charge on any atom is -0.478 e. The number of aromatic carboxylic acids is 1. The number of carboxylic acid groups (broad SMARTS) is 1. The Morgan fingerprint density at radius 3 is 2.54 bits per heavy atom. The van der Waals surface area contributed by atoms with Crippen LogP contribution in [0.1, 0.15) is 10.4 Å². The van der Waals surface area contributed by atoms with Crippen LogP contribution in [0.3, 0.4) is 0 Å². The lowest BCUT2D eigenvalue weighted by atomic mass is 10.2. The Morgan fingerprint density at radius 2 is 2.08 bits per heavy atom. The molecule has 0 saturated heterocycles. The summed E-state index contributed by atoms with van der Waals surface area (Å²) in [4.78, 5) is 10.6. The summed E-state index contributed by atoms with van der Waals surface area (Å²) < 4.78 is 13.4. The van der Waals surface area contributed by atoms with Crippen molar-refractivity contribution in [3.05, 3.63) is 26.4 Å². The molecule has 70 valence electrons. The van der Waals surface area contributed by atoms with Gasteiger partial charge in [-0.2, -0.15) is 0 Å². The standard InChI is InChI=1S/C7H4Br2FNO2/c8-2-1-3(10)4(7(12)13)5(9)6(2)11/h1H,11H2,(H,12,13). The summed E-state index contributed by atoms with van der Waals surface area (Å²) in [7, 11) is 0. The average Bonchev–Trinajstić information content (AvgIpc) is 1.99. The zero-order chi connectivity index (χ0) is 10.2. The third kappa shape index (κ3) is 1.83. The fourth-order valence-corrected chi connectivity index (χ4v) is 2.04. The number of benzene rings is 1. The molecular weight excluding hydrogens is 309 g/mol. The number of anilines is 1. The number of halogens is 3. The van der Waals surface area contributed by atoms with E-state index in [4.69, 9.17) is 10.8 Å². The predicted octanol–water partition coefficient (Wildman–Crippen LogP) is 2.63. The van der Waals surface area contributed by atoms with Crippen LogP contribution in [0.25, 0.3) is 0 Å². The second-order valence-electron chi connectivity index (χ2n) is 2.25. The Balaban J connectivity index is 3.53. The summed E-state index contributed by atoms with van der Waals surface area (Å²) in [5.74, 6) is -2.19. The van der Waals surface area contributed by atoms with E-state index in [0.717, 1.165) is 6.07 Å². The molecule has 1 aromatic rings. The Hall–Kier alpha value is -0.620. The van der Waals surface area contributed by atoms with Gasteiger partial charge in [0, 0.05) is 4.47 Å². The maximum Gasteiger partial charge on any atom is 0.339 e. The summed E-state index contributed by atoms with van der Waals surface area (Å²) in [5.41, 5.74) is 5.17. The van der Waals surface area contributed by atoms with Crippen molar-refractivity contribution in [2.75, 3.05) is 5.73 Å². The third-order valence-corrected chi connectivity index (χ3v) is 2.90. The first-order chi connectivity index (χ1) is 5.95. The number of hydrogen-bond donors (Lipinski definition) is 2. The minimum atomic E-state index is -1.36. The van der Waals surface area contributed by atoms with Gasteiger partial charge in [0.1, 0.15) is 11.4 Å². The molecule has 1 rings (SSSR count). The molecule has 13 heavy (non-hydrogen) atoms. The molecule has 3 N–H and O–H groups in total. The van der Waals surface area contributed by atoms with Gasteiger partial charge < -0.3 is 10.8 Å². The smallest absolute Gasteiger partial charge is 0.339 e. The SMILES string of the molecule is Nc1c(Br)cc(F)c(C(=O)O)c1Br. The van der Waals surface area contributed by atoms with Gasteiger partial charge in [-0.1, -0.05) is 0 Å². The number of rotatable bonds is 1. The van der Waals surface area contributed by atoms with Gasteiger partial charge in [0.15, 0.2) is 0 Å². The van der Waals surface area contributed by atoms with Crippen LogP contribution in [-0.2, 0) is 0 Å². The van der Waals surface area contributed by atoms with E-state index in [-0.39, 0.29) is 10.2 Å². The highest BCUT2D eigenvalue weighted by atomic mass is 79.9. The minimum absolute atomic E-state index is 0.0480. The molecule has 0 amide bonds. The molecule has 6 heteroatoms. The van der Waals surface area contributed by atoms with E-state index >= 15 is 0 Å². The van der Waals surface area contributed by atoms with Gasteiger partial charge in [-0.15, -0.1) is 0 Å². The van der Waals surface area contributed by atoms with Crippen LogP contribution in [0, 0.1) is 5.82 Å². The monoisotopic (exact) mass is 311 g/mol. The molecule has 0 atom stereocenters. The molecule has 0 saturated carbocycles. The fraction of sp³-hybridized carbons (Fsp3) is 0. The first-order valence-corrected chi connectivity index (χ1v) is 4.70. The van der Waals surface area contributed by atoms with E-state index in [1.807, 2.05) is 0 Å². The van der Waals surface area contributed by atoms with Crippen molar-refractivity contribution < 1.29 is 14.3 Å². The van der Waals surface area contributed by atoms with E-state index in [1.165, 1.54) is 0 Å². The topological polar surface area (TPSA) is 63.3 Å². The van der Waals surface area contributed by atoms with Crippen molar-refractivity contribution in [1.29, 1.82) is 0 Å². The predicted molar refractivity (Wildman–Crippen MR) is 53.2 cm³/mol. The number of carbonyl (C=O) groups is 1. The Bertz CT molecular complexity index is 381. The van der Waals surface area contributed by atoms with Crippen LogP contribution in [-0.4, -0.2) is 11.1 Å². The molecule has 0 aliphatic carbocycles. The number of carboxylic acids is 1. The lowest BCUT2D eigenvalue weighted by Gasteiger charge is -2.06. The van der Waals surface area contributed by atoms with E-state index < -0.39 is 17.3 Å². The Labute approximate surface area is 90.0 Å². The van der Waals surface area contributed by atoms with E-state index in [2.05, 4.69) is 31.9 Å². The molecule has 1 aromatic carbocycles. The molecule has 0 fully saturated rings. The highest BCUT2D eigenvalue weighted by Gasteiger charge is 2.18. The third-order valence-electron chi connectivity index (χ3n) is 1.42. The first kappa shape index (κ1) is 10.5. The molecule has 0 aliphatic rings. The van der Waals surface area contributed by atoms with E-state index in [0.29, 0.717) is 4.47 Å². The zero-order valence-corrected chi connectivity index (χ0v) is 9.32. The normalized spacial score (nSPS) is 10.1. The van der Waals surface area contributed by atoms with Crippen LogP contribution < -0.4 is 5.73 Å². The zero-order valence-electron chi connectivity index (χ0n) is 6.14. The van der Waals surface area contributed by atoms with Crippen molar-refractivity contribution in [2.45, 2.75) is 0 Å². The van der Waals surface area contributed by atoms with Crippen LogP contribution in [0.15, 0.2) is 15.0 Å².